The Balaban J connectivity index is 2.09. The molecule has 0 unspecified atom stereocenters. The average molecular weight is 291 g/mol. The molecule has 0 aliphatic carbocycles. The normalized spacial score (nSPS) is 10.7. The Hall–Kier alpha value is -2.25. The highest BCUT2D eigenvalue weighted by Crippen LogP contribution is 2.32. The molecule has 112 valence electrons. The summed E-state index contributed by atoms with van der Waals surface area (Å²) in [6.45, 7) is 1.96. The molecule has 0 bridgehead atoms. The van der Waals surface area contributed by atoms with Crippen LogP contribution < -0.4 is 5.32 Å². The molecular weight excluding hydrogens is 274 g/mol. The van der Waals surface area contributed by atoms with Crippen molar-refractivity contribution in [2.24, 2.45) is 0 Å². The van der Waals surface area contributed by atoms with Gasteiger partial charge in [0, 0.05) is 19.9 Å². The van der Waals surface area contributed by atoms with Gasteiger partial charge in [-0.05, 0) is 24.3 Å². The van der Waals surface area contributed by atoms with Crippen molar-refractivity contribution in [3.05, 3.63) is 40.6 Å². The minimum absolute atomic E-state index is 0.0393. The number of nitrogens with zero attached hydrogens (tertiary/aromatic N) is 2. The lowest BCUT2D eigenvalue weighted by Gasteiger charge is -2.09. The maximum absolute atomic E-state index is 11.3. The zero-order valence-corrected chi connectivity index (χ0v) is 11.7. The third-order valence-electron chi connectivity index (χ3n) is 2.93. The topological polar surface area (TPSA) is 86.5 Å². The molecule has 0 aliphatic heterocycles. The van der Waals surface area contributed by atoms with E-state index in [1.807, 2.05) is 0 Å². The van der Waals surface area contributed by atoms with E-state index in [9.17, 15) is 10.1 Å². The summed E-state index contributed by atoms with van der Waals surface area (Å²) in [7, 11) is 1.61. The lowest BCUT2D eigenvalue weighted by atomic mass is 10.1. The van der Waals surface area contributed by atoms with Crippen molar-refractivity contribution in [2.45, 2.75) is 0 Å². The number of nitrogens with one attached hydrogen (secondary N) is 1. The summed E-state index contributed by atoms with van der Waals surface area (Å²) in [6.07, 6.45) is 1.61. The van der Waals surface area contributed by atoms with Gasteiger partial charge in [-0.15, -0.1) is 0 Å². The molecule has 0 spiro atoms. The second kappa shape index (κ2) is 7.51. The Kier molecular flexibility index (Phi) is 5.42. The minimum Gasteiger partial charge on any atom is -0.382 e. The van der Waals surface area contributed by atoms with Crippen molar-refractivity contribution in [1.29, 1.82) is 0 Å². The van der Waals surface area contributed by atoms with Crippen LogP contribution in [0.25, 0.3) is 10.9 Å². The zero-order chi connectivity index (χ0) is 15.1. The van der Waals surface area contributed by atoms with Gasteiger partial charge in [0.1, 0.15) is 5.69 Å². The van der Waals surface area contributed by atoms with E-state index in [2.05, 4.69) is 10.3 Å². The third-order valence-corrected chi connectivity index (χ3v) is 2.93. The van der Waals surface area contributed by atoms with Gasteiger partial charge in [-0.1, -0.05) is 0 Å². The number of hydrogen-bond donors (Lipinski definition) is 1. The molecule has 1 N–H and O–H groups in total. The van der Waals surface area contributed by atoms with Crippen LogP contribution in [-0.4, -0.2) is 43.4 Å². The van der Waals surface area contributed by atoms with Crippen molar-refractivity contribution in [3.63, 3.8) is 0 Å². The molecule has 0 saturated carbocycles. The van der Waals surface area contributed by atoms with E-state index < -0.39 is 4.92 Å². The average Bonchev–Trinajstić information content (AvgIpc) is 2.50. The van der Waals surface area contributed by atoms with Crippen LogP contribution in [0.4, 0.5) is 11.4 Å². The Morgan fingerprint density at radius 2 is 2.14 bits per heavy atom. The fraction of sp³-hybridized carbons (Fsp3) is 0.357. The zero-order valence-electron chi connectivity index (χ0n) is 11.7. The number of benzene rings is 1. The van der Waals surface area contributed by atoms with E-state index in [1.165, 1.54) is 0 Å². The summed E-state index contributed by atoms with van der Waals surface area (Å²) in [5, 5.41) is 14.8. The number of ether oxygens (including phenoxy) is 2. The van der Waals surface area contributed by atoms with Crippen molar-refractivity contribution >= 4 is 22.3 Å². The van der Waals surface area contributed by atoms with Crippen LogP contribution in [0.5, 0.6) is 0 Å². The molecule has 7 nitrogen and oxygen atoms in total. The molecule has 1 aromatic heterocycles. The molecule has 1 heterocycles. The molecule has 0 atom stereocenters. The quantitative estimate of drug-likeness (QED) is 0.456. The van der Waals surface area contributed by atoms with E-state index in [0.717, 1.165) is 0 Å². The van der Waals surface area contributed by atoms with Crippen molar-refractivity contribution in [3.8, 4) is 0 Å². The van der Waals surface area contributed by atoms with Crippen molar-refractivity contribution in [1.82, 2.24) is 4.98 Å². The lowest BCUT2D eigenvalue weighted by molar-refractivity contribution is -0.382. The lowest BCUT2D eigenvalue weighted by Crippen LogP contribution is -2.12. The number of methoxy groups -OCH3 is 1. The van der Waals surface area contributed by atoms with Gasteiger partial charge in [-0.2, -0.15) is 0 Å². The fourth-order valence-electron chi connectivity index (χ4n) is 1.98. The molecule has 21 heavy (non-hydrogen) atoms. The SMILES string of the molecule is COCCOCCNc1ccc2ncccc2c1[N+](=O)[O-]. The maximum Gasteiger partial charge on any atom is 0.301 e. The van der Waals surface area contributed by atoms with Gasteiger partial charge in [-0.3, -0.25) is 15.1 Å². The smallest absolute Gasteiger partial charge is 0.301 e. The molecule has 0 aliphatic rings. The molecular formula is C14H17N3O4. The molecule has 2 rings (SSSR count). The van der Waals surface area contributed by atoms with Crippen LogP contribution in [0, 0.1) is 10.1 Å². The Morgan fingerprint density at radius 3 is 2.90 bits per heavy atom. The minimum atomic E-state index is -0.391. The first-order valence-electron chi connectivity index (χ1n) is 6.56. The van der Waals surface area contributed by atoms with Gasteiger partial charge in [-0.25, -0.2) is 0 Å². The number of nitro benzene ring substituents is 1. The van der Waals surface area contributed by atoms with E-state index in [1.54, 1.807) is 37.6 Å². The van der Waals surface area contributed by atoms with Gasteiger partial charge >= 0.3 is 5.69 Å². The van der Waals surface area contributed by atoms with Crippen molar-refractivity contribution < 1.29 is 14.4 Å². The van der Waals surface area contributed by atoms with E-state index in [-0.39, 0.29) is 5.69 Å². The number of pyridine rings is 1. The monoisotopic (exact) mass is 291 g/mol. The number of hydrogen-bond acceptors (Lipinski definition) is 6. The maximum atomic E-state index is 11.3. The first-order valence-corrected chi connectivity index (χ1v) is 6.56. The fourth-order valence-corrected chi connectivity index (χ4v) is 1.98. The number of anilines is 1. The Bertz CT molecular complexity index is 618. The Morgan fingerprint density at radius 1 is 1.29 bits per heavy atom. The Labute approximate surface area is 122 Å². The van der Waals surface area contributed by atoms with E-state index >= 15 is 0 Å². The molecule has 1 aromatic carbocycles. The van der Waals surface area contributed by atoms with E-state index in [4.69, 9.17) is 9.47 Å². The molecule has 7 heteroatoms. The standard InChI is InChI=1S/C14H17N3O4/c1-20-9-10-21-8-7-16-13-5-4-12-11(3-2-6-15-12)14(13)17(18)19/h2-6,16H,7-10H2,1H3. The predicted molar refractivity (Wildman–Crippen MR) is 79.6 cm³/mol. The molecule has 0 amide bonds. The van der Waals surface area contributed by atoms with Crippen LogP contribution in [0.15, 0.2) is 30.5 Å². The molecule has 0 radical (unpaired) electrons. The van der Waals surface area contributed by atoms with Gasteiger partial charge in [0.15, 0.2) is 0 Å². The van der Waals surface area contributed by atoms with Gasteiger partial charge in [0.25, 0.3) is 0 Å². The third kappa shape index (κ3) is 3.87. The second-order valence-corrected chi connectivity index (χ2v) is 4.32. The first-order chi connectivity index (χ1) is 10.2. The van der Waals surface area contributed by atoms with Crippen LogP contribution in [0.2, 0.25) is 0 Å². The van der Waals surface area contributed by atoms with Gasteiger partial charge in [0.05, 0.1) is 35.6 Å². The van der Waals surface area contributed by atoms with E-state index in [0.29, 0.717) is 43.0 Å². The van der Waals surface area contributed by atoms with Crippen LogP contribution in [-0.2, 0) is 9.47 Å². The molecule has 0 saturated heterocycles. The summed E-state index contributed by atoms with van der Waals surface area (Å²) in [5.41, 5.74) is 1.11. The van der Waals surface area contributed by atoms with Crippen LogP contribution in [0.1, 0.15) is 0 Å². The highest BCUT2D eigenvalue weighted by molar-refractivity contribution is 5.94. The summed E-state index contributed by atoms with van der Waals surface area (Å²) >= 11 is 0. The van der Waals surface area contributed by atoms with Gasteiger partial charge in [0.2, 0.25) is 0 Å². The van der Waals surface area contributed by atoms with Crippen molar-refractivity contribution in [2.75, 3.05) is 38.8 Å². The highest BCUT2D eigenvalue weighted by atomic mass is 16.6. The molecule has 2 aromatic rings. The summed E-state index contributed by atoms with van der Waals surface area (Å²) in [5.74, 6) is 0. The summed E-state index contributed by atoms with van der Waals surface area (Å²) in [4.78, 5) is 15.0. The van der Waals surface area contributed by atoms with Crippen LogP contribution in [0.3, 0.4) is 0 Å². The number of nitro groups is 1. The number of fused-ring (bicyclic) bond motifs is 1. The molecule has 0 fully saturated rings. The highest BCUT2D eigenvalue weighted by Gasteiger charge is 2.18. The second-order valence-electron chi connectivity index (χ2n) is 4.32. The largest absolute Gasteiger partial charge is 0.382 e. The number of aromatic nitrogens is 1. The first kappa shape index (κ1) is 15.1. The predicted octanol–water partition coefficient (Wildman–Crippen LogP) is 2.22. The van der Waals surface area contributed by atoms with Gasteiger partial charge < -0.3 is 14.8 Å². The summed E-state index contributed by atoms with van der Waals surface area (Å²) < 4.78 is 10.2. The summed E-state index contributed by atoms with van der Waals surface area (Å²) in [6, 6.07) is 6.81. The number of rotatable bonds is 8. The van der Waals surface area contributed by atoms with Crippen LogP contribution >= 0.6 is 0 Å².